The van der Waals surface area contributed by atoms with Crippen molar-refractivity contribution in [1.82, 2.24) is 0 Å². The van der Waals surface area contributed by atoms with Crippen molar-refractivity contribution in [2.45, 2.75) is 12.5 Å². The molecule has 1 fully saturated rings. The van der Waals surface area contributed by atoms with E-state index in [9.17, 15) is 14.4 Å². The molecule has 0 saturated carbocycles. The van der Waals surface area contributed by atoms with Gasteiger partial charge < -0.3 is 10.4 Å². The molecular formula is C17H12Cl2N2O4. The monoisotopic (exact) mass is 378 g/mol. The quantitative estimate of drug-likeness (QED) is 0.795. The van der Waals surface area contributed by atoms with E-state index in [1.807, 2.05) is 0 Å². The number of amides is 2. The first-order valence-electron chi connectivity index (χ1n) is 7.29. The molecule has 0 aliphatic carbocycles. The van der Waals surface area contributed by atoms with Gasteiger partial charge in [0.05, 0.1) is 33.4 Å². The van der Waals surface area contributed by atoms with Gasteiger partial charge in [0.25, 0.3) is 5.91 Å². The number of hydrogen-bond acceptors (Lipinski definition) is 4. The van der Waals surface area contributed by atoms with Gasteiger partial charge in [-0.05, 0) is 30.3 Å². The molecule has 2 amide bonds. The molecule has 0 spiro atoms. The number of nitrogens with zero attached hydrogens (tertiary/aromatic N) is 1. The van der Waals surface area contributed by atoms with E-state index in [1.54, 1.807) is 18.2 Å². The van der Waals surface area contributed by atoms with Crippen LogP contribution in [-0.2, 0) is 9.59 Å². The fourth-order valence-corrected chi connectivity index (χ4v) is 2.95. The van der Waals surface area contributed by atoms with Gasteiger partial charge in [-0.2, -0.15) is 0 Å². The van der Waals surface area contributed by atoms with Crippen LogP contribution in [0, 0.1) is 0 Å². The van der Waals surface area contributed by atoms with E-state index in [4.69, 9.17) is 28.3 Å². The molecule has 0 radical (unpaired) electrons. The second-order valence-electron chi connectivity index (χ2n) is 5.43. The zero-order chi connectivity index (χ0) is 18.1. The normalized spacial score (nSPS) is 17.0. The van der Waals surface area contributed by atoms with Crippen LogP contribution < -0.4 is 10.2 Å². The summed E-state index contributed by atoms with van der Waals surface area (Å²) >= 11 is 12.0. The van der Waals surface area contributed by atoms with Crippen molar-refractivity contribution in [3.8, 4) is 0 Å². The summed E-state index contributed by atoms with van der Waals surface area (Å²) in [4.78, 5) is 36.9. The molecule has 1 atom stereocenters. The third-order valence-corrected chi connectivity index (χ3v) is 4.60. The highest BCUT2D eigenvalue weighted by Gasteiger charge is 2.40. The summed E-state index contributed by atoms with van der Waals surface area (Å²) in [5, 5.41) is 12.6. The second-order valence-corrected chi connectivity index (χ2v) is 6.21. The van der Waals surface area contributed by atoms with Crippen LogP contribution in [-0.4, -0.2) is 28.9 Å². The maximum atomic E-state index is 12.6. The largest absolute Gasteiger partial charge is 0.478 e. The third-order valence-electron chi connectivity index (χ3n) is 3.78. The molecule has 1 saturated heterocycles. The summed E-state index contributed by atoms with van der Waals surface area (Å²) in [6.45, 7) is 0. The van der Waals surface area contributed by atoms with Crippen molar-refractivity contribution < 1.29 is 19.5 Å². The highest BCUT2D eigenvalue weighted by molar-refractivity contribution is 6.43. The average Bonchev–Trinajstić information content (AvgIpc) is 2.86. The number of benzene rings is 2. The predicted octanol–water partition coefficient (Wildman–Crippen LogP) is 3.44. The van der Waals surface area contributed by atoms with Gasteiger partial charge in [0.15, 0.2) is 0 Å². The van der Waals surface area contributed by atoms with Gasteiger partial charge in [0.2, 0.25) is 5.91 Å². The topological polar surface area (TPSA) is 86.7 Å². The molecule has 8 heteroatoms. The second kappa shape index (κ2) is 6.74. The number of carboxylic acids is 1. The lowest BCUT2D eigenvalue weighted by Gasteiger charge is -2.17. The van der Waals surface area contributed by atoms with Crippen molar-refractivity contribution in [1.29, 1.82) is 0 Å². The highest BCUT2D eigenvalue weighted by Crippen LogP contribution is 2.32. The summed E-state index contributed by atoms with van der Waals surface area (Å²) < 4.78 is 0. The number of nitrogens with one attached hydrogen (secondary N) is 1. The van der Waals surface area contributed by atoms with E-state index >= 15 is 0 Å². The minimum absolute atomic E-state index is 0.00704. The van der Waals surface area contributed by atoms with Crippen molar-refractivity contribution >= 4 is 52.4 Å². The van der Waals surface area contributed by atoms with Crippen LogP contribution in [0.4, 0.5) is 11.4 Å². The van der Waals surface area contributed by atoms with Gasteiger partial charge >= 0.3 is 5.97 Å². The van der Waals surface area contributed by atoms with Gasteiger partial charge in [0, 0.05) is 0 Å². The number of anilines is 2. The Morgan fingerprint density at radius 3 is 2.60 bits per heavy atom. The van der Waals surface area contributed by atoms with Crippen LogP contribution in [0.1, 0.15) is 16.8 Å². The molecule has 3 rings (SSSR count). The van der Waals surface area contributed by atoms with Crippen molar-refractivity contribution in [3.63, 3.8) is 0 Å². The van der Waals surface area contributed by atoms with Gasteiger partial charge in [0.1, 0.15) is 6.04 Å². The average molecular weight is 379 g/mol. The molecule has 0 unspecified atom stereocenters. The van der Waals surface area contributed by atoms with Crippen LogP contribution in [0.25, 0.3) is 0 Å². The molecule has 0 aromatic heterocycles. The Hall–Kier alpha value is -2.57. The smallest absolute Gasteiger partial charge is 0.335 e. The third kappa shape index (κ3) is 3.31. The van der Waals surface area contributed by atoms with Gasteiger partial charge in [-0.15, -0.1) is 0 Å². The number of carboxylic acid groups (broad SMARTS) is 1. The summed E-state index contributed by atoms with van der Waals surface area (Å²) in [5.74, 6) is -2.05. The minimum Gasteiger partial charge on any atom is -0.478 e. The lowest BCUT2D eigenvalue weighted by Crippen LogP contribution is -2.35. The van der Waals surface area contributed by atoms with E-state index < -0.39 is 23.8 Å². The fraction of sp³-hybridized carbons (Fsp3) is 0.118. The molecule has 6 nitrogen and oxygen atoms in total. The lowest BCUT2D eigenvalue weighted by atomic mass is 10.2. The number of rotatable bonds is 4. The highest BCUT2D eigenvalue weighted by atomic mass is 35.5. The molecule has 0 bridgehead atoms. The van der Waals surface area contributed by atoms with Crippen LogP contribution in [0.15, 0.2) is 42.5 Å². The molecule has 1 heterocycles. The molecule has 2 aromatic rings. The van der Waals surface area contributed by atoms with Crippen molar-refractivity contribution in [2.24, 2.45) is 0 Å². The number of carbonyl (C=O) groups excluding carboxylic acids is 2. The number of carbonyl (C=O) groups is 3. The predicted molar refractivity (Wildman–Crippen MR) is 94.4 cm³/mol. The zero-order valence-electron chi connectivity index (χ0n) is 12.7. The maximum Gasteiger partial charge on any atom is 0.335 e. The first kappa shape index (κ1) is 17.3. The van der Waals surface area contributed by atoms with Gasteiger partial charge in [-0.25, -0.2) is 9.69 Å². The first-order valence-corrected chi connectivity index (χ1v) is 8.05. The van der Waals surface area contributed by atoms with E-state index in [0.717, 1.165) is 4.90 Å². The van der Waals surface area contributed by atoms with Crippen LogP contribution in [0.2, 0.25) is 10.0 Å². The fourth-order valence-electron chi connectivity index (χ4n) is 2.60. The van der Waals surface area contributed by atoms with E-state index in [2.05, 4.69) is 5.32 Å². The minimum atomic E-state index is -1.14. The Bertz CT molecular complexity index is 885. The number of halogens is 2. The molecule has 25 heavy (non-hydrogen) atoms. The Balaban J connectivity index is 1.86. The zero-order valence-corrected chi connectivity index (χ0v) is 14.2. The Kier molecular flexibility index (Phi) is 4.65. The van der Waals surface area contributed by atoms with Crippen LogP contribution in [0.3, 0.4) is 0 Å². The SMILES string of the molecule is O=C(O)c1cccc(N2C(=O)C[C@@H](Nc3cccc(Cl)c3Cl)C2=O)c1. The molecule has 128 valence electrons. The Morgan fingerprint density at radius 1 is 1.16 bits per heavy atom. The number of hydrogen-bond donors (Lipinski definition) is 2. The first-order chi connectivity index (χ1) is 11.9. The molecule has 1 aliphatic rings. The standard InChI is InChI=1S/C17H12Cl2N2O4/c18-11-5-2-6-12(15(11)19)20-13-8-14(22)21(16(13)23)10-4-1-3-9(7-10)17(24)25/h1-7,13,20H,8H2,(H,24,25)/t13-/m1/s1. The molecule has 2 N–H and O–H groups in total. The summed E-state index contributed by atoms with van der Waals surface area (Å²) in [6, 6.07) is 9.79. The summed E-state index contributed by atoms with van der Waals surface area (Å²) in [6.07, 6.45) is -0.0705. The molecule has 1 aliphatic heterocycles. The number of imide groups is 1. The summed E-state index contributed by atoms with van der Waals surface area (Å²) in [5.41, 5.74) is 0.658. The van der Waals surface area contributed by atoms with E-state index in [0.29, 0.717) is 10.7 Å². The van der Waals surface area contributed by atoms with E-state index in [-0.39, 0.29) is 22.7 Å². The summed E-state index contributed by atoms with van der Waals surface area (Å²) in [7, 11) is 0. The van der Waals surface area contributed by atoms with E-state index in [1.165, 1.54) is 24.3 Å². The Morgan fingerprint density at radius 2 is 1.88 bits per heavy atom. The van der Waals surface area contributed by atoms with Crippen LogP contribution in [0.5, 0.6) is 0 Å². The lowest BCUT2D eigenvalue weighted by molar-refractivity contribution is -0.121. The Labute approximate surface area is 153 Å². The van der Waals surface area contributed by atoms with Crippen molar-refractivity contribution in [2.75, 3.05) is 10.2 Å². The number of aromatic carboxylic acids is 1. The van der Waals surface area contributed by atoms with Crippen LogP contribution >= 0.6 is 23.2 Å². The van der Waals surface area contributed by atoms with Gasteiger partial charge in [-0.1, -0.05) is 35.3 Å². The van der Waals surface area contributed by atoms with Crippen molar-refractivity contribution in [3.05, 3.63) is 58.1 Å². The molecular weight excluding hydrogens is 367 g/mol. The maximum absolute atomic E-state index is 12.6. The molecule has 2 aromatic carbocycles. The van der Waals surface area contributed by atoms with Gasteiger partial charge in [-0.3, -0.25) is 9.59 Å².